The summed E-state index contributed by atoms with van der Waals surface area (Å²) in [6.45, 7) is 2.18. The van der Waals surface area contributed by atoms with E-state index in [4.69, 9.17) is 4.74 Å². The largest absolute Gasteiger partial charge is 0.482 e. The molecule has 0 fully saturated rings. The Labute approximate surface area is 117 Å². The lowest BCUT2D eigenvalue weighted by atomic mass is 10.1. The number of ether oxygens (including phenoxy) is 1. The average Bonchev–Trinajstić information content (AvgIpc) is 2.47. The number of nitro benzene ring substituents is 1. The van der Waals surface area contributed by atoms with Gasteiger partial charge in [-0.1, -0.05) is 48.6 Å². The molecule has 0 aliphatic heterocycles. The van der Waals surface area contributed by atoms with Crippen LogP contribution in [-0.2, 0) is 6.61 Å². The highest BCUT2D eigenvalue weighted by Crippen LogP contribution is 2.29. The third kappa shape index (κ3) is 3.45. The molecule has 0 bridgehead atoms. The van der Waals surface area contributed by atoms with Gasteiger partial charge in [0.25, 0.3) is 0 Å². The van der Waals surface area contributed by atoms with E-state index in [9.17, 15) is 10.1 Å². The maximum Gasteiger partial charge on any atom is 0.311 e. The molecule has 20 heavy (non-hydrogen) atoms. The second kappa shape index (κ2) is 6.52. The van der Waals surface area contributed by atoms with Crippen LogP contribution < -0.4 is 4.74 Å². The summed E-state index contributed by atoms with van der Waals surface area (Å²) in [5, 5.41) is 11.1. The first-order chi connectivity index (χ1) is 9.70. The Kier molecular flexibility index (Phi) is 4.50. The minimum atomic E-state index is -0.423. The first-order valence-corrected chi connectivity index (χ1v) is 6.28. The maximum absolute atomic E-state index is 11.1. The molecule has 102 valence electrons. The van der Waals surface area contributed by atoms with E-state index in [0.717, 1.165) is 11.1 Å². The minimum Gasteiger partial charge on any atom is -0.482 e. The van der Waals surface area contributed by atoms with Crippen LogP contribution in [0.4, 0.5) is 5.69 Å². The summed E-state index contributed by atoms with van der Waals surface area (Å²) in [6, 6.07) is 14.5. The van der Waals surface area contributed by atoms with Gasteiger partial charge in [-0.3, -0.25) is 10.1 Å². The lowest BCUT2D eigenvalue weighted by Gasteiger charge is -2.07. The van der Waals surface area contributed by atoms with Gasteiger partial charge in [0.15, 0.2) is 5.75 Å². The van der Waals surface area contributed by atoms with Crippen LogP contribution in [0.3, 0.4) is 0 Å². The van der Waals surface area contributed by atoms with Crippen molar-refractivity contribution in [1.82, 2.24) is 0 Å². The van der Waals surface area contributed by atoms with Crippen molar-refractivity contribution in [3.8, 4) is 5.75 Å². The van der Waals surface area contributed by atoms with Crippen molar-refractivity contribution in [3.63, 3.8) is 0 Å². The molecule has 0 aromatic heterocycles. The molecule has 0 radical (unpaired) electrons. The van der Waals surface area contributed by atoms with Gasteiger partial charge in [-0.15, -0.1) is 0 Å². The first-order valence-electron chi connectivity index (χ1n) is 6.28. The van der Waals surface area contributed by atoms with Gasteiger partial charge in [-0.2, -0.15) is 0 Å². The predicted molar refractivity (Wildman–Crippen MR) is 78.6 cm³/mol. The maximum atomic E-state index is 11.1. The average molecular weight is 269 g/mol. The smallest absolute Gasteiger partial charge is 0.311 e. The predicted octanol–water partition coefficient (Wildman–Crippen LogP) is 4.21. The monoisotopic (exact) mass is 269 g/mol. The summed E-state index contributed by atoms with van der Waals surface area (Å²) in [6.07, 6.45) is 3.65. The van der Waals surface area contributed by atoms with E-state index < -0.39 is 4.92 Å². The fraction of sp³-hybridized carbons (Fsp3) is 0.125. The number of allylic oxidation sites excluding steroid dienone is 1. The van der Waals surface area contributed by atoms with E-state index >= 15 is 0 Å². The van der Waals surface area contributed by atoms with Gasteiger partial charge in [-0.05, 0) is 24.1 Å². The van der Waals surface area contributed by atoms with Crippen molar-refractivity contribution in [2.45, 2.75) is 13.5 Å². The summed E-state index contributed by atoms with van der Waals surface area (Å²) in [4.78, 5) is 10.7. The summed E-state index contributed by atoms with van der Waals surface area (Å²) in [5.74, 6) is 0.284. The number of benzene rings is 2. The number of rotatable bonds is 5. The Balaban J connectivity index is 2.20. The van der Waals surface area contributed by atoms with Gasteiger partial charge in [-0.25, -0.2) is 0 Å². The zero-order chi connectivity index (χ0) is 14.4. The molecule has 0 saturated carbocycles. The van der Waals surface area contributed by atoms with Crippen molar-refractivity contribution in [2.24, 2.45) is 0 Å². The van der Waals surface area contributed by atoms with Gasteiger partial charge in [0.1, 0.15) is 6.61 Å². The van der Waals surface area contributed by atoms with Crippen LogP contribution in [0.25, 0.3) is 6.08 Å². The normalized spacial score (nSPS) is 10.7. The molecule has 0 unspecified atom stereocenters. The molecule has 2 rings (SSSR count). The van der Waals surface area contributed by atoms with E-state index in [2.05, 4.69) is 0 Å². The summed E-state index contributed by atoms with van der Waals surface area (Å²) in [7, 11) is 0. The quantitative estimate of drug-likeness (QED) is 0.603. The van der Waals surface area contributed by atoms with Crippen molar-refractivity contribution in [3.05, 3.63) is 75.8 Å². The number of nitro groups is 1. The highest BCUT2D eigenvalue weighted by molar-refractivity contribution is 5.58. The standard InChI is InChI=1S/C16H15NO3/c1-2-6-13-9-10-16(15(11-13)17(18)19)20-12-14-7-4-3-5-8-14/h2-11H,12H2,1H3/b6-2-. The van der Waals surface area contributed by atoms with Crippen LogP contribution in [0.2, 0.25) is 0 Å². The molecule has 2 aromatic rings. The van der Waals surface area contributed by atoms with Crippen LogP contribution in [0.5, 0.6) is 5.75 Å². The Bertz CT molecular complexity index is 621. The van der Waals surface area contributed by atoms with E-state index in [1.165, 1.54) is 6.07 Å². The first kappa shape index (κ1) is 13.8. The fourth-order valence-electron chi connectivity index (χ4n) is 1.83. The molecular weight excluding hydrogens is 254 g/mol. The molecular formula is C16H15NO3. The fourth-order valence-corrected chi connectivity index (χ4v) is 1.83. The van der Waals surface area contributed by atoms with Crippen LogP contribution in [0.15, 0.2) is 54.6 Å². The Morgan fingerprint density at radius 1 is 1.20 bits per heavy atom. The van der Waals surface area contributed by atoms with Crippen LogP contribution in [0.1, 0.15) is 18.1 Å². The molecule has 0 heterocycles. The van der Waals surface area contributed by atoms with Gasteiger partial charge in [0.2, 0.25) is 0 Å². The van der Waals surface area contributed by atoms with Crippen LogP contribution in [-0.4, -0.2) is 4.92 Å². The van der Waals surface area contributed by atoms with Crippen molar-refractivity contribution >= 4 is 11.8 Å². The van der Waals surface area contributed by atoms with Crippen LogP contribution in [0, 0.1) is 10.1 Å². The summed E-state index contributed by atoms with van der Waals surface area (Å²) < 4.78 is 5.55. The molecule has 0 N–H and O–H groups in total. The lowest BCUT2D eigenvalue weighted by Crippen LogP contribution is -1.99. The van der Waals surface area contributed by atoms with E-state index in [0.29, 0.717) is 6.61 Å². The van der Waals surface area contributed by atoms with Crippen molar-refractivity contribution in [1.29, 1.82) is 0 Å². The summed E-state index contributed by atoms with van der Waals surface area (Å²) in [5.41, 5.74) is 1.74. The number of nitrogens with zero attached hydrogens (tertiary/aromatic N) is 1. The third-order valence-electron chi connectivity index (χ3n) is 2.78. The second-order valence-corrected chi connectivity index (χ2v) is 4.26. The molecule has 2 aromatic carbocycles. The van der Waals surface area contributed by atoms with E-state index in [1.807, 2.05) is 49.4 Å². The van der Waals surface area contributed by atoms with E-state index in [1.54, 1.807) is 12.1 Å². The number of hydrogen-bond donors (Lipinski definition) is 0. The minimum absolute atomic E-state index is 0.0171. The topological polar surface area (TPSA) is 52.4 Å². The molecule has 4 heteroatoms. The van der Waals surface area contributed by atoms with Crippen LogP contribution >= 0.6 is 0 Å². The molecule has 0 aliphatic rings. The summed E-state index contributed by atoms with van der Waals surface area (Å²) >= 11 is 0. The van der Waals surface area contributed by atoms with Gasteiger partial charge in [0, 0.05) is 6.07 Å². The molecule has 4 nitrogen and oxygen atoms in total. The molecule has 0 amide bonds. The Morgan fingerprint density at radius 3 is 2.60 bits per heavy atom. The molecule has 0 saturated heterocycles. The van der Waals surface area contributed by atoms with Crippen molar-refractivity contribution in [2.75, 3.05) is 0 Å². The highest BCUT2D eigenvalue weighted by atomic mass is 16.6. The zero-order valence-corrected chi connectivity index (χ0v) is 11.2. The second-order valence-electron chi connectivity index (χ2n) is 4.26. The van der Waals surface area contributed by atoms with Crippen molar-refractivity contribution < 1.29 is 9.66 Å². The Morgan fingerprint density at radius 2 is 1.95 bits per heavy atom. The molecule has 0 spiro atoms. The zero-order valence-electron chi connectivity index (χ0n) is 11.2. The lowest BCUT2D eigenvalue weighted by molar-refractivity contribution is -0.386. The van der Waals surface area contributed by atoms with Gasteiger partial charge in [0.05, 0.1) is 4.92 Å². The SMILES string of the molecule is C/C=C\c1ccc(OCc2ccccc2)c([N+](=O)[O-])c1. The third-order valence-corrected chi connectivity index (χ3v) is 2.78. The van der Waals surface area contributed by atoms with Gasteiger partial charge < -0.3 is 4.74 Å². The number of hydrogen-bond acceptors (Lipinski definition) is 3. The Hall–Kier alpha value is -2.62. The van der Waals surface area contributed by atoms with E-state index in [-0.39, 0.29) is 11.4 Å². The highest BCUT2D eigenvalue weighted by Gasteiger charge is 2.15. The molecule has 0 atom stereocenters. The molecule has 0 aliphatic carbocycles. The van der Waals surface area contributed by atoms with Gasteiger partial charge >= 0.3 is 5.69 Å².